The van der Waals surface area contributed by atoms with Crippen LogP contribution in [-0.4, -0.2) is 11.0 Å². The van der Waals surface area contributed by atoms with E-state index in [-0.39, 0.29) is 10.7 Å². The molecule has 1 aliphatic carbocycles. The first-order chi connectivity index (χ1) is 7.63. The summed E-state index contributed by atoms with van der Waals surface area (Å²) in [6.07, 6.45) is 2.85. The van der Waals surface area contributed by atoms with Crippen molar-refractivity contribution in [2.75, 3.05) is 0 Å². The largest absolute Gasteiger partial charge is 0.298 e. The molecule has 0 radical (unpaired) electrons. The number of benzene rings is 1. The molecule has 1 fully saturated rings. The van der Waals surface area contributed by atoms with Crippen molar-refractivity contribution in [3.8, 4) is 0 Å². The minimum atomic E-state index is 0.0141. The van der Waals surface area contributed by atoms with Gasteiger partial charge < -0.3 is 0 Å². The Labute approximate surface area is 105 Å². The number of hydrogen-bond acceptors (Lipinski definition) is 2. The lowest BCUT2D eigenvalue weighted by molar-refractivity contribution is -0.121. The number of thioether (sulfide) groups is 1. The summed E-state index contributed by atoms with van der Waals surface area (Å²) in [5.74, 6) is 0.394. The van der Waals surface area contributed by atoms with E-state index in [0.717, 1.165) is 29.2 Å². The molecule has 1 heterocycles. The van der Waals surface area contributed by atoms with E-state index in [4.69, 9.17) is 11.6 Å². The summed E-state index contributed by atoms with van der Waals surface area (Å²) in [5, 5.41) is 0.891. The lowest BCUT2D eigenvalue weighted by Gasteiger charge is -2.34. The van der Waals surface area contributed by atoms with Gasteiger partial charge in [0.15, 0.2) is 0 Å². The highest BCUT2D eigenvalue weighted by atomic mass is 35.5. The molecule has 0 unspecified atom stereocenters. The first-order valence-corrected chi connectivity index (χ1v) is 6.87. The molecule has 0 N–H and O–H groups in total. The lowest BCUT2D eigenvalue weighted by Crippen LogP contribution is -2.40. The monoisotopic (exact) mass is 252 g/mol. The van der Waals surface area contributed by atoms with E-state index in [9.17, 15) is 4.79 Å². The van der Waals surface area contributed by atoms with E-state index in [2.05, 4.69) is 13.0 Å². The fourth-order valence-electron chi connectivity index (χ4n) is 2.92. The van der Waals surface area contributed by atoms with Crippen molar-refractivity contribution in [2.45, 2.75) is 41.7 Å². The third-order valence-corrected chi connectivity index (χ3v) is 5.93. The standard InChI is InChI=1S/C13H13ClOS/c1-13-7-3-6-10(15)12(13)16-11-8(13)4-2-5-9(11)14/h2,4-5,12H,3,6-7H2,1H3/t12-,13-/m0/s1. The van der Waals surface area contributed by atoms with Crippen molar-refractivity contribution in [2.24, 2.45) is 0 Å². The fourth-order valence-corrected chi connectivity index (χ4v) is 4.82. The zero-order valence-corrected chi connectivity index (χ0v) is 10.7. The second kappa shape index (κ2) is 3.51. The van der Waals surface area contributed by atoms with E-state index < -0.39 is 0 Å². The van der Waals surface area contributed by atoms with Crippen molar-refractivity contribution >= 4 is 29.1 Å². The molecule has 1 aliphatic heterocycles. The summed E-state index contributed by atoms with van der Waals surface area (Å²) in [6, 6.07) is 6.04. The number of fused-ring (bicyclic) bond motifs is 3. The number of hydrogen-bond donors (Lipinski definition) is 0. The minimum Gasteiger partial charge on any atom is -0.298 e. The van der Waals surface area contributed by atoms with Crippen LogP contribution in [0.15, 0.2) is 23.1 Å². The van der Waals surface area contributed by atoms with E-state index in [1.165, 1.54) is 5.56 Å². The molecule has 1 aromatic rings. The SMILES string of the molecule is C[C@@]12CCCC(=O)[C@@H]1Sc1c(Cl)cccc12. The molecule has 16 heavy (non-hydrogen) atoms. The van der Waals surface area contributed by atoms with E-state index in [1.54, 1.807) is 11.8 Å². The average molecular weight is 253 g/mol. The molecule has 3 heteroatoms. The van der Waals surface area contributed by atoms with E-state index >= 15 is 0 Å². The smallest absolute Gasteiger partial charge is 0.147 e. The minimum absolute atomic E-state index is 0.0141. The van der Waals surface area contributed by atoms with Gasteiger partial charge in [-0.15, -0.1) is 11.8 Å². The Kier molecular flexibility index (Phi) is 2.34. The number of rotatable bonds is 0. The highest BCUT2D eigenvalue weighted by molar-refractivity contribution is 8.01. The Bertz CT molecular complexity index is 471. The zero-order chi connectivity index (χ0) is 11.3. The van der Waals surface area contributed by atoms with Crippen LogP contribution in [-0.2, 0) is 10.2 Å². The summed E-state index contributed by atoms with van der Waals surface area (Å²) in [6.45, 7) is 2.21. The average Bonchev–Trinajstić information content (AvgIpc) is 2.55. The lowest BCUT2D eigenvalue weighted by atomic mass is 9.70. The van der Waals surface area contributed by atoms with Gasteiger partial charge in [0.2, 0.25) is 0 Å². The molecule has 0 saturated heterocycles. The molecule has 2 aliphatic rings. The number of ketones is 1. The molecule has 84 valence electrons. The highest BCUT2D eigenvalue weighted by Crippen LogP contribution is 2.56. The number of halogens is 1. The van der Waals surface area contributed by atoms with Gasteiger partial charge in [0, 0.05) is 16.7 Å². The van der Waals surface area contributed by atoms with Crippen LogP contribution in [0.1, 0.15) is 31.7 Å². The molecular formula is C13H13ClOS. The molecule has 0 bridgehead atoms. The van der Waals surface area contributed by atoms with Crippen molar-refractivity contribution in [3.05, 3.63) is 28.8 Å². The number of Topliss-reactive ketones (excluding diaryl/α,β-unsaturated/α-hetero) is 1. The molecule has 1 saturated carbocycles. The summed E-state index contributed by atoms with van der Waals surface area (Å²) in [5.41, 5.74) is 1.29. The molecule has 1 nitrogen and oxygen atoms in total. The number of carbonyl (C=O) groups is 1. The van der Waals surface area contributed by atoms with Gasteiger partial charge >= 0.3 is 0 Å². The van der Waals surface area contributed by atoms with E-state index in [0.29, 0.717) is 5.78 Å². The van der Waals surface area contributed by atoms with Crippen LogP contribution in [0.5, 0.6) is 0 Å². The van der Waals surface area contributed by atoms with Gasteiger partial charge in [-0.3, -0.25) is 4.79 Å². The fraction of sp³-hybridized carbons (Fsp3) is 0.462. The first-order valence-electron chi connectivity index (χ1n) is 5.61. The molecular weight excluding hydrogens is 240 g/mol. The Hall–Kier alpha value is -0.470. The second-order valence-electron chi connectivity index (χ2n) is 4.85. The number of carbonyl (C=O) groups excluding carboxylic acids is 1. The summed E-state index contributed by atoms with van der Waals surface area (Å²) in [7, 11) is 0. The van der Waals surface area contributed by atoms with Crippen molar-refractivity contribution in [3.63, 3.8) is 0 Å². The second-order valence-corrected chi connectivity index (χ2v) is 6.37. The maximum atomic E-state index is 12.0. The Morgan fingerprint density at radius 1 is 1.50 bits per heavy atom. The van der Waals surface area contributed by atoms with E-state index in [1.807, 2.05) is 12.1 Å². The maximum absolute atomic E-state index is 12.0. The highest BCUT2D eigenvalue weighted by Gasteiger charge is 2.49. The molecule has 3 rings (SSSR count). The maximum Gasteiger partial charge on any atom is 0.147 e. The van der Waals surface area contributed by atoms with Gasteiger partial charge in [-0.25, -0.2) is 0 Å². The van der Waals surface area contributed by atoms with Crippen LogP contribution in [0.2, 0.25) is 5.02 Å². The Morgan fingerprint density at radius 2 is 2.31 bits per heavy atom. The summed E-state index contributed by atoms with van der Waals surface area (Å²) < 4.78 is 0. The van der Waals surface area contributed by atoms with Crippen molar-refractivity contribution in [1.82, 2.24) is 0 Å². The third-order valence-electron chi connectivity index (χ3n) is 3.81. The molecule has 2 atom stereocenters. The van der Waals surface area contributed by atoms with Crippen LogP contribution in [0, 0.1) is 0 Å². The predicted molar refractivity (Wildman–Crippen MR) is 67.3 cm³/mol. The molecule has 0 amide bonds. The summed E-state index contributed by atoms with van der Waals surface area (Å²) >= 11 is 7.88. The summed E-state index contributed by atoms with van der Waals surface area (Å²) in [4.78, 5) is 13.1. The Balaban J connectivity index is 2.17. The van der Waals surface area contributed by atoms with Crippen LogP contribution in [0.25, 0.3) is 0 Å². The van der Waals surface area contributed by atoms with Gasteiger partial charge in [-0.2, -0.15) is 0 Å². The predicted octanol–water partition coefficient (Wildman–Crippen LogP) is 3.83. The van der Waals surface area contributed by atoms with Crippen molar-refractivity contribution < 1.29 is 4.79 Å². The van der Waals surface area contributed by atoms with Gasteiger partial charge in [-0.05, 0) is 24.5 Å². The first kappa shape index (κ1) is 10.7. The van der Waals surface area contributed by atoms with Gasteiger partial charge in [-0.1, -0.05) is 30.7 Å². The zero-order valence-electron chi connectivity index (χ0n) is 9.13. The topological polar surface area (TPSA) is 17.1 Å². The quantitative estimate of drug-likeness (QED) is 0.698. The van der Waals surface area contributed by atoms with Crippen LogP contribution >= 0.6 is 23.4 Å². The van der Waals surface area contributed by atoms with Gasteiger partial charge in [0.25, 0.3) is 0 Å². The normalized spacial score (nSPS) is 32.4. The third kappa shape index (κ3) is 1.29. The molecule has 1 aromatic carbocycles. The Morgan fingerprint density at radius 3 is 3.12 bits per heavy atom. The van der Waals surface area contributed by atoms with Crippen LogP contribution in [0.4, 0.5) is 0 Å². The van der Waals surface area contributed by atoms with Crippen LogP contribution in [0.3, 0.4) is 0 Å². The van der Waals surface area contributed by atoms with Gasteiger partial charge in [0.05, 0.1) is 10.3 Å². The van der Waals surface area contributed by atoms with Gasteiger partial charge in [0.1, 0.15) is 5.78 Å². The van der Waals surface area contributed by atoms with Crippen LogP contribution < -0.4 is 0 Å². The molecule has 0 aromatic heterocycles. The van der Waals surface area contributed by atoms with Crippen molar-refractivity contribution in [1.29, 1.82) is 0 Å². The molecule has 0 spiro atoms.